The summed E-state index contributed by atoms with van der Waals surface area (Å²) in [5, 5.41) is 0. The zero-order chi connectivity index (χ0) is 9.23. The first kappa shape index (κ1) is 11.4. The Bertz CT molecular complexity index is 130. The summed E-state index contributed by atoms with van der Waals surface area (Å²) in [7, 11) is 0. The molecule has 0 heterocycles. The van der Waals surface area contributed by atoms with Crippen molar-refractivity contribution < 1.29 is 9.47 Å². The van der Waals surface area contributed by atoms with Crippen LogP contribution >= 0.6 is 0 Å². The highest BCUT2D eigenvalue weighted by Crippen LogP contribution is 1.90. The normalized spacial score (nSPS) is 13.5. The van der Waals surface area contributed by atoms with Crippen LogP contribution < -0.4 is 0 Å². The van der Waals surface area contributed by atoms with Gasteiger partial charge in [0.05, 0.1) is 25.9 Å². The third-order valence-corrected chi connectivity index (χ3v) is 1.39. The van der Waals surface area contributed by atoms with Crippen molar-refractivity contribution in [1.82, 2.24) is 0 Å². The van der Waals surface area contributed by atoms with E-state index in [1.807, 2.05) is 26.0 Å². The molecule has 0 amide bonds. The SMILES string of the molecule is C=CC(C)OCCOCC=CC. The molecule has 1 atom stereocenters. The lowest BCUT2D eigenvalue weighted by Crippen LogP contribution is -2.10. The van der Waals surface area contributed by atoms with Crippen LogP contribution in [-0.2, 0) is 9.47 Å². The molecule has 0 aliphatic heterocycles. The van der Waals surface area contributed by atoms with Crippen LogP contribution in [0.5, 0.6) is 0 Å². The molecule has 1 unspecified atom stereocenters. The fraction of sp³-hybridized carbons (Fsp3) is 0.600. The molecule has 0 saturated carbocycles. The van der Waals surface area contributed by atoms with Gasteiger partial charge in [-0.05, 0) is 13.8 Å². The van der Waals surface area contributed by atoms with E-state index in [9.17, 15) is 0 Å². The Labute approximate surface area is 74.9 Å². The van der Waals surface area contributed by atoms with Gasteiger partial charge < -0.3 is 9.47 Å². The maximum absolute atomic E-state index is 5.30. The average Bonchev–Trinajstić information content (AvgIpc) is 2.10. The summed E-state index contributed by atoms with van der Waals surface area (Å²) in [4.78, 5) is 0. The fourth-order valence-electron chi connectivity index (χ4n) is 0.609. The van der Waals surface area contributed by atoms with Crippen molar-refractivity contribution in [3.63, 3.8) is 0 Å². The zero-order valence-electron chi connectivity index (χ0n) is 7.95. The van der Waals surface area contributed by atoms with Crippen molar-refractivity contribution in [1.29, 1.82) is 0 Å². The Morgan fingerprint density at radius 1 is 1.42 bits per heavy atom. The van der Waals surface area contributed by atoms with E-state index in [0.717, 1.165) is 0 Å². The second-order valence-corrected chi connectivity index (χ2v) is 2.46. The van der Waals surface area contributed by atoms with E-state index in [1.54, 1.807) is 6.08 Å². The largest absolute Gasteiger partial charge is 0.375 e. The second-order valence-electron chi connectivity index (χ2n) is 2.46. The Morgan fingerprint density at radius 2 is 2.17 bits per heavy atom. The van der Waals surface area contributed by atoms with Gasteiger partial charge in [-0.3, -0.25) is 0 Å². The fourth-order valence-corrected chi connectivity index (χ4v) is 0.609. The first-order chi connectivity index (χ1) is 5.81. The minimum atomic E-state index is 0.121. The molecule has 0 spiro atoms. The van der Waals surface area contributed by atoms with Crippen molar-refractivity contribution in [3.05, 3.63) is 24.8 Å². The van der Waals surface area contributed by atoms with E-state index in [-0.39, 0.29) is 6.10 Å². The van der Waals surface area contributed by atoms with Crippen molar-refractivity contribution in [2.24, 2.45) is 0 Å². The van der Waals surface area contributed by atoms with Gasteiger partial charge in [-0.2, -0.15) is 0 Å². The summed E-state index contributed by atoms with van der Waals surface area (Å²) in [6, 6.07) is 0. The van der Waals surface area contributed by atoms with Gasteiger partial charge in [0.15, 0.2) is 0 Å². The highest BCUT2D eigenvalue weighted by molar-refractivity contribution is 4.76. The first-order valence-corrected chi connectivity index (χ1v) is 4.24. The molecule has 0 aromatic carbocycles. The summed E-state index contributed by atoms with van der Waals surface area (Å²) < 4.78 is 10.5. The van der Waals surface area contributed by atoms with Gasteiger partial charge >= 0.3 is 0 Å². The molecule has 2 nitrogen and oxygen atoms in total. The molecular weight excluding hydrogens is 152 g/mol. The molecule has 0 N–H and O–H groups in total. The van der Waals surface area contributed by atoms with Crippen molar-refractivity contribution in [2.45, 2.75) is 20.0 Å². The Kier molecular flexibility index (Phi) is 8.07. The van der Waals surface area contributed by atoms with Crippen molar-refractivity contribution in [3.8, 4) is 0 Å². The van der Waals surface area contributed by atoms with Crippen LogP contribution in [0.1, 0.15) is 13.8 Å². The molecule has 12 heavy (non-hydrogen) atoms. The topological polar surface area (TPSA) is 18.5 Å². The Balaban J connectivity index is 3.05. The lowest BCUT2D eigenvalue weighted by molar-refractivity contribution is 0.0380. The predicted octanol–water partition coefficient (Wildman–Crippen LogP) is 2.17. The lowest BCUT2D eigenvalue weighted by atomic mass is 10.4. The second kappa shape index (κ2) is 8.50. The molecule has 0 aromatic heterocycles. The van der Waals surface area contributed by atoms with Crippen LogP contribution in [0, 0.1) is 0 Å². The van der Waals surface area contributed by atoms with E-state index in [4.69, 9.17) is 9.47 Å². The molecule has 0 bridgehead atoms. The zero-order valence-corrected chi connectivity index (χ0v) is 7.95. The highest BCUT2D eigenvalue weighted by atomic mass is 16.5. The predicted molar refractivity (Wildman–Crippen MR) is 51.2 cm³/mol. The molecule has 2 heteroatoms. The molecule has 0 aromatic rings. The Hall–Kier alpha value is -0.600. The van der Waals surface area contributed by atoms with Crippen LogP contribution in [0.4, 0.5) is 0 Å². The van der Waals surface area contributed by atoms with Crippen LogP contribution in [0.15, 0.2) is 24.8 Å². The van der Waals surface area contributed by atoms with Gasteiger partial charge in [-0.15, -0.1) is 6.58 Å². The van der Waals surface area contributed by atoms with Crippen molar-refractivity contribution in [2.75, 3.05) is 19.8 Å². The summed E-state index contributed by atoms with van der Waals surface area (Å²) in [5.41, 5.74) is 0. The van der Waals surface area contributed by atoms with E-state index in [1.165, 1.54) is 0 Å². The third-order valence-electron chi connectivity index (χ3n) is 1.39. The third kappa shape index (κ3) is 7.51. The molecule has 70 valence electrons. The maximum Gasteiger partial charge on any atom is 0.0726 e. The van der Waals surface area contributed by atoms with E-state index >= 15 is 0 Å². The molecule has 0 fully saturated rings. The van der Waals surface area contributed by atoms with Gasteiger partial charge in [-0.1, -0.05) is 18.2 Å². The summed E-state index contributed by atoms with van der Waals surface area (Å²) in [6.07, 6.45) is 5.83. The first-order valence-electron chi connectivity index (χ1n) is 4.24. The number of allylic oxidation sites excluding steroid dienone is 1. The molecule has 0 saturated heterocycles. The molecule has 0 aliphatic rings. The maximum atomic E-state index is 5.30. The van der Waals surface area contributed by atoms with E-state index < -0.39 is 0 Å². The molecule has 0 rings (SSSR count). The van der Waals surface area contributed by atoms with Crippen LogP contribution in [-0.4, -0.2) is 25.9 Å². The monoisotopic (exact) mass is 170 g/mol. The summed E-state index contributed by atoms with van der Waals surface area (Å²) in [6.45, 7) is 9.48. The molecular formula is C10H18O2. The molecule has 0 radical (unpaired) electrons. The lowest BCUT2D eigenvalue weighted by Gasteiger charge is -2.07. The van der Waals surface area contributed by atoms with Crippen LogP contribution in [0.3, 0.4) is 0 Å². The minimum absolute atomic E-state index is 0.121. The number of hydrogen-bond acceptors (Lipinski definition) is 2. The average molecular weight is 170 g/mol. The van der Waals surface area contributed by atoms with E-state index in [2.05, 4.69) is 6.58 Å². The molecule has 0 aliphatic carbocycles. The van der Waals surface area contributed by atoms with Crippen LogP contribution in [0.2, 0.25) is 0 Å². The van der Waals surface area contributed by atoms with Gasteiger partial charge in [0, 0.05) is 0 Å². The highest BCUT2D eigenvalue weighted by Gasteiger charge is 1.93. The van der Waals surface area contributed by atoms with Gasteiger partial charge in [0.25, 0.3) is 0 Å². The van der Waals surface area contributed by atoms with Gasteiger partial charge in [0.2, 0.25) is 0 Å². The quantitative estimate of drug-likeness (QED) is 0.430. The summed E-state index contributed by atoms with van der Waals surface area (Å²) >= 11 is 0. The smallest absolute Gasteiger partial charge is 0.0726 e. The van der Waals surface area contributed by atoms with Gasteiger partial charge in [0.1, 0.15) is 0 Å². The van der Waals surface area contributed by atoms with E-state index in [0.29, 0.717) is 19.8 Å². The van der Waals surface area contributed by atoms with Crippen molar-refractivity contribution >= 4 is 0 Å². The van der Waals surface area contributed by atoms with Crippen LogP contribution in [0.25, 0.3) is 0 Å². The standard InChI is InChI=1S/C10H18O2/c1-4-6-7-11-8-9-12-10(3)5-2/h4-6,10H,2,7-9H2,1,3H3. The number of rotatable bonds is 7. The Morgan fingerprint density at radius 3 is 2.75 bits per heavy atom. The minimum Gasteiger partial charge on any atom is -0.375 e. The van der Waals surface area contributed by atoms with Gasteiger partial charge in [-0.25, -0.2) is 0 Å². The number of hydrogen-bond donors (Lipinski definition) is 0. The number of ether oxygens (including phenoxy) is 2. The summed E-state index contributed by atoms with van der Waals surface area (Å²) in [5.74, 6) is 0.